The molecule has 3 aromatic carbocycles. The fourth-order valence-corrected chi connectivity index (χ4v) is 4.06. The summed E-state index contributed by atoms with van der Waals surface area (Å²) in [5.74, 6) is -0.183. The molecule has 0 heterocycles. The van der Waals surface area contributed by atoms with Crippen LogP contribution in [0, 0.1) is 29.6 Å². The number of ether oxygens (including phenoxy) is 1. The zero-order valence-electron chi connectivity index (χ0n) is 17.3. The molecule has 0 aromatic heterocycles. The molecule has 33 heavy (non-hydrogen) atoms. The molecule has 0 bridgehead atoms. The van der Waals surface area contributed by atoms with Gasteiger partial charge >= 0.3 is 0 Å². The van der Waals surface area contributed by atoms with Crippen LogP contribution >= 0.6 is 39.1 Å². The summed E-state index contributed by atoms with van der Waals surface area (Å²) in [4.78, 5) is 12.6. The van der Waals surface area contributed by atoms with E-state index in [1.807, 2.05) is 19.1 Å². The molecule has 0 radical (unpaired) electrons. The van der Waals surface area contributed by atoms with Crippen LogP contribution in [-0.2, 0) is 11.4 Å². The van der Waals surface area contributed by atoms with Crippen LogP contribution in [0.4, 0.5) is 5.69 Å². The summed E-state index contributed by atoms with van der Waals surface area (Å²) in [6.07, 6.45) is 1.43. The number of rotatable bonds is 6. The first-order valence-corrected chi connectivity index (χ1v) is 11.2. The Labute approximate surface area is 209 Å². The molecule has 0 aliphatic rings. The van der Waals surface area contributed by atoms with Crippen molar-refractivity contribution < 1.29 is 9.53 Å². The second kappa shape index (κ2) is 11.0. The second-order valence-electron chi connectivity index (χ2n) is 6.96. The average molecular weight is 541 g/mol. The fraction of sp³-hybridized carbons (Fsp3) is 0.0800. The van der Waals surface area contributed by atoms with Gasteiger partial charge in [0.1, 0.15) is 18.2 Å². The van der Waals surface area contributed by atoms with Gasteiger partial charge in [-0.05, 0) is 70.4 Å². The molecular weight excluding hydrogens is 525 g/mol. The van der Waals surface area contributed by atoms with Crippen LogP contribution in [0.1, 0.15) is 22.3 Å². The molecule has 0 fully saturated rings. The molecule has 1 amide bonds. The third kappa shape index (κ3) is 6.15. The summed E-state index contributed by atoms with van der Waals surface area (Å²) in [7, 11) is 0. The molecule has 3 aromatic rings. The lowest BCUT2D eigenvalue weighted by Gasteiger charge is -2.12. The van der Waals surface area contributed by atoms with Crippen LogP contribution in [-0.4, -0.2) is 5.91 Å². The zero-order valence-corrected chi connectivity index (χ0v) is 20.4. The van der Waals surface area contributed by atoms with Gasteiger partial charge in [0, 0.05) is 16.3 Å². The summed E-state index contributed by atoms with van der Waals surface area (Å²) < 4.78 is 6.36. The minimum Gasteiger partial charge on any atom is -0.486 e. The molecular formula is C25H16BrCl2N3O2. The predicted octanol–water partition coefficient (Wildman–Crippen LogP) is 7.06. The summed E-state index contributed by atoms with van der Waals surface area (Å²) in [6.45, 7) is 2.01. The van der Waals surface area contributed by atoms with Gasteiger partial charge in [0.2, 0.25) is 0 Å². The Bertz CT molecular complexity index is 1320. The number of nitrogens with one attached hydrogen (secondary N) is 1. The molecule has 3 rings (SSSR count). The standard InChI is InChI=1S/C25H16BrCl2N3O2/c1-15-6-7-20(11-22(15)27)31-25(32)19(13-30)8-16-9-21(26)24(23(28)10-16)33-14-18-5-3-2-4-17(18)12-29/h2-11H,14H2,1H3,(H,31,32)/b19-8-. The van der Waals surface area contributed by atoms with Gasteiger partial charge in [-0.2, -0.15) is 10.5 Å². The van der Waals surface area contributed by atoms with Crippen molar-refractivity contribution in [3.05, 3.63) is 96.9 Å². The zero-order chi connectivity index (χ0) is 24.0. The maximum atomic E-state index is 12.6. The largest absolute Gasteiger partial charge is 0.486 e. The number of hydrogen-bond acceptors (Lipinski definition) is 4. The molecule has 0 atom stereocenters. The number of halogens is 3. The van der Waals surface area contributed by atoms with Crippen LogP contribution in [0.2, 0.25) is 10.0 Å². The molecule has 164 valence electrons. The van der Waals surface area contributed by atoms with Gasteiger partial charge in [-0.25, -0.2) is 0 Å². The quantitative estimate of drug-likeness (QED) is 0.268. The summed E-state index contributed by atoms with van der Waals surface area (Å²) in [5.41, 5.74) is 3.04. The smallest absolute Gasteiger partial charge is 0.266 e. The van der Waals surface area contributed by atoms with Crippen LogP contribution in [0.5, 0.6) is 5.75 Å². The van der Waals surface area contributed by atoms with Crippen molar-refractivity contribution in [2.24, 2.45) is 0 Å². The Balaban J connectivity index is 1.79. The maximum absolute atomic E-state index is 12.6. The van der Waals surface area contributed by atoms with Gasteiger partial charge in [-0.15, -0.1) is 0 Å². The topological polar surface area (TPSA) is 85.9 Å². The van der Waals surface area contributed by atoms with Crippen molar-refractivity contribution in [2.75, 3.05) is 5.32 Å². The summed E-state index contributed by atoms with van der Waals surface area (Å²) in [6, 6.07) is 19.5. The van der Waals surface area contributed by atoms with E-state index in [2.05, 4.69) is 27.3 Å². The Morgan fingerprint density at radius 2 is 1.88 bits per heavy atom. The highest BCUT2D eigenvalue weighted by atomic mass is 79.9. The predicted molar refractivity (Wildman–Crippen MR) is 133 cm³/mol. The van der Waals surface area contributed by atoms with E-state index in [0.29, 0.717) is 32.1 Å². The molecule has 8 heteroatoms. The Morgan fingerprint density at radius 1 is 1.12 bits per heavy atom. The molecule has 1 N–H and O–H groups in total. The molecule has 0 saturated carbocycles. The molecule has 5 nitrogen and oxygen atoms in total. The molecule has 0 saturated heterocycles. The normalized spacial score (nSPS) is 10.8. The van der Waals surface area contributed by atoms with Gasteiger partial charge in [-0.1, -0.05) is 47.5 Å². The lowest BCUT2D eigenvalue weighted by Crippen LogP contribution is -2.13. The van der Waals surface area contributed by atoms with Crippen LogP contribution in [0.3, 0.4) is 0 Å². The maximum Gasteiger partial charge on any atom is 0.266 e. The first-order chi connectivity index (χ1) is 15.8. The van der Waals surface area contributed by atoms with Crippen molar-refractivity contribution in [3.63, 3.8) is 0 Å². The number of carbonyl (C=O) groups is 1. The van der Waals surface area contributed by atoms with E-state index in [1.54, 1.807) is 48.5 Å². The third-order valence-corrected chi connectivity index (χ3v) is 5.91. The molecule has 0 aliphatic carbocycles. The lowest BCUT2D eigenvalue weighted by molar-refractivity contribution is -0.112. The van der Waals surface area contributed by atoms with Gasteiger partial charge < -0.3 is 10.1 Å². The van der Waals surface area contributed by atoms with E-state index >= 15 is 0 Å². The highest BCUT2D eigenvalue weighted by molar-refractivity contribution is 9.10. The Morgan fingerprint density at radius 3 is 2.55 bits per heavy atom. The van der Waals surface area contributed by atoms with Crippen LogP contribution in [0.25, 0.3) is 6.08 Å². The Hall–Kier alpha value is -3.29. The van der Waals surface area contributed by atoms with Crippen molar-refractivity contribution in [2.45, 2.75) is 13.5 Å². The summed E-state index contributed by atoms with van der Waals surface area (Å²) >= 11 is 15.9. The van der Waals surface area contributed by atoms with Crippen molar-refractivity contribution in [1.29, 1.82) is 10.5 Å². The second-order valence-corrected chi connectivity index (χ2v) is 8.63. The molecule has 0 aliphatic heterocycles. The number of nitrogens with zero attached hydrogens (tertiary/aromatic N) is 2. The van der Waals surface area contributed by atoms with E-state index in [1.165, 1.54) is 6.08 Å². The van der Waals surface area contributed by atoms with Crippen molar-refractivity contribution >= 4 is 56.8 Å². The number of nitriles is 2. The van der Waals surface area contributed by atoms with Crippen molar-refractivity contribution in [3.8, 4) is 17.9 Å². The van der Waals surface area contributed by atoms with Crippen LogP contribution < -0.4 is 10.1 Å². The number of benzene rings is 3. The minimum atomic E-state index is -0.571. The summed E-state index contributed by atoms with van der Waals surface area (Å²) in [5, 5.41) is 22.2. The highest BCUT2D eigenvalue weighted by Crippen LogP contribution is 2.36. The van der Waals surface area contributed by atoms with E-state index in [4.69, 9.17) is 27.9 Å². The van der Waals surface area contributed by atoms with E-state index in [9.17, 15) is 15.3 Å². The number of amides is 1. The van der Waals surface area contributed by atoms with E-state index < -0.39 is 5.91 Å². The number of hydrogen-bond donors (Lipinski definition) is 1. The first kappa shape index (κ1) is 24.4. The van der Waals surface area contributed by atoms with Gasteiger partial charge in [0.15, 0.2) is 5.75 Å². The SMILES string of the molecule is Cc1ccc(NC(=O)/C(C#N)=C\c2cc(Cl)c(OCc3ccccc3C#N)c(Br)c2)cc1Cl. The fourth-order valence-electron chi connectivity index (χ4n) is 2.89. The van der Waals surface area contributed by atoms with Crippen molar-refractivity contribution in [1.82, 2.24) is 0 Å². The average Bonchev–Trinajstić information content (AvgIpc) is 2.79. The highest BCUT2D eigenvalue weighted by Gasteiger charge is 2.14. The number of aryl methyl sites for hydroxylation is 1. The number of anilines is 1. The first-order valence-electron chi connectivity index (χ1n) is 9.61. The lowest BCUT2D eigenvalue weighted by atomic mass is 10.1. The van der Waals surface area contributed by atoms with E-state index in [-0.39, 0.29) is 17.2 Å². The van der Waals surface area contributed by atoms with Crippen LogP contribution in [0.15, 0.2) is 64.6 Å². The Kier molecular flexibility index (Phi) is 8.14. The molecule has 0 unspecified atom stereocenters. The van der Waals surface area contributed by atoms with Gasteiger partial charge in [0.25, 0.3) is 5.91 Å². The monoisotopic (exact) mass is 539 g/mol. The van der Waals surface area contributed by atoms with E-state index in [0.717, 1.165) is 11.1 Å². The minimum absolute atomic E-state index is 0.105. The number of carbonyl (C=O) groups excluding carboxylic acids is 1. The van der Waals surface area contributed by atoms with Gasteiger partial charge in [0.05, 0.1) is 21.1 Å². The molecule has 0 spiro atoms. The third-order valence-electron chi connectivity index (χ3n) is 4.64. The van der Waals surface area contributed by atoms with Gasteiger partial charge in [-0.3, -0.25) is 4.79 Å².